The Hall–Kier alpha value is -2.50. The van der Waals surface area contributed by atoms with Crippen LogP contribution >= 0.6 is 0 Å². The minimum atomic E-state index is -0.312. The lowest BCUT2D eigenvalue weighted by atomic mass is 10.3. The largest absolute Gasteiger partial charge is 0.387 e. The molecule has 0 bridgehead atoms. The number of hydrogen-bond acceptors (Lipinski definition) is 5. The number of aromatic nitrogens is 3. The normalized spacial score (nSPS) is 9.71. The Balaban J connectivity index is 2.09. The molecule has 0 fully saturated rings. The lowest BCUT2D eigenvalue weighted by molar-refractivity contribution is 0.102. The van der Waals surface area contributed by atoms with Crippen molar-refractivity contribution in [2.75, 3.05) is 17.7 Å². The number of amides is 1. The van der Waals surface area contributed by atoms with Crippen LogP contribution in [0.15, 0.2) is 36.7 Å². The maximum atomic E-state index is 11.8. The molecular formula is C11H11N5O. The fraction of sp³-hybridized carbons (Fsp3) is 0.0909. The highest BCUT2D eigenvalue weighted by molar-refractivity contribution is 6.02. The molecule has 0 aliphatic heterocycles. The highest BCUT2D eigenvalue weighted by Gasteiger charge is 2.07. The van der Waals surface area contributed by atoms with E-state index in [1.165, 1.54) is 6.20 Å². The van der Waals surface area contributed by atoms with Crippen LogP contribution < -0.4 is 10.6 Å². The number of carbonyl (C=O) groups is 1. The quantitative estimate of drug-likeness (QED) is 0.825. The monoisotopic (exact) mass is 229 g/mol. The minimum Gasteiger partial charge on any atom is -0.387 e. The molecule has 0 saturated carbocycles. The molecular weight excluding hydrogens is 218 g/mol. The summed E-state index contributed by atoms with van der Waals surface area (Å²) < 4.78 is 0. The van der Waals surface area contributed by atoms with Crippen molar-refractivity contribution >= 4 is 17.4 Å². The first-order valence-corrected chi connectivity index (χ1v) is 5.02. The van der Waals surface area contributed by atoms with Gasteiger partial charge in [0.15, 0.2) is 5.82 Å². The van der Waals surface area contributed by atoms with E-state index in [2.05, 4.69) is 25.8 Å². The van der Waals surface area contributed by atoms with Gasteiger partial charge in [-0.2, -0.15) is 5.10 Å². The van der Waals surface area contributed by atoms with Crippen molar-refractivity contribution in [2.24, 2.45) is 0 Å². The van der Waals surface area contributed by atoms with Gasteiger partial charge in [0.05, 0.1) is 11.9 Å². The maximum Gasteiger partial charge on any atom is 0.275 e. The second kappa shape index (κ2) is 5.02. The van der Waals surface area contributed by atoms with E-state index in [1.54, 1.807) is 37.5 Å². The molecule has 0 atom stereocenters. The van der Waals surface area contributed by atoms with Gasteiger partial charge in [-0.3, -0.25) is 4.79 Å². The zero-order valence-corrected chi connectivity index (χ0v) is 9.21. The summed E-state index contributed by atoms with van der Waals surface area (Å²) in [4.78, 5) is 15.8. The molecule has 2 heterocycles. The third-order valence-corrected chi connectivity index (χ3v) is 2.10. The molecule has 2 rings (SSSR count). The summed E-state index contributed by atoms with van der Waals surface area (Å²) in [5.74, 6) is 0.0881. The summed E-state index contributed by atoms with van der Waals surface area (Å²) in [5.41, 5.74) is 1.18. The van der Waals surface area contributed by atoms with Gasteiger partial charge in [-0.25, -0.2) is 4.98 Å². The standard InChI is InChI=1S/C11H11N5O/c1-12-8-4-5-9(13-7-8)11(17)15-10-3-2-6-14-16-10/h2-7,12H,1H3,(H,15,16,17). The van der Waals surface area contributed by atoms with Gasteiger partial charge in [-0.15, -0.1) is 5.10 Å². The van der Waals surface area contributed by atoms with Gasteiger partial charge < -0.3 is 10.6 Å². The van der Waals surface area contributed by atoms with E-state index in [-0.39, 0.29) is 5.91 Å². The molecule has 0 unspecified atom stereocenters. The van der Waals surface area contributed by atoms with Crippen LogP contribution in [0.4, 0.5) is 11.5 Å². The zero-order valence-electron chi connectivity index (χ0n) is 9.21. The van der Waals surface area contributed by atoms with E-state index >= 15 is 0 Å². The smallest absolute Gasteiger partial charge is 0.275 e. The van der Waals surface area contributed by atoms with Gasteiger partial charge in [-0.05, 0) is 24.3 Å². The first kappa shape index (κ1) is 11.0. The number of nitrogens with one attached hydrogen (secondary N) is 2. The second-order valence-electron chi connectivity index (χ2n) is 3.25. The molecule has 0 radical (unpaired) electrons. The van der Waals surface area contributed by atoms with Crippen molar-refractivity contribution in [3.05, 3.63) is 42.4 Å². The number of nitrogens with zero attached hydrogens (tertiary/aromatic N) is 3. The van der Waals surface area contributed by atoms with Gasteiger partial charge in [-0.1, -0.05) is 0 Å². The Labute approximate surface area is 98.1 Å². The number of hydrogen-bond donors (Lipinski definition) is 2. The molecule has 0 aliphatic carbocycles. The first-order valence-electron chi connectivity index (χ1n) is 5.02. The second-order valence-corrected chi connectivity index (χ2v) is 3.25. The molecule has 6 nitrogen and oxygen atoms in total. The molecule has 0 aliphatic rings. The molecule has 2 N–H and O–H groups in total. The molecule has 86 valence electrons. The van der Waals surface area contributed by atoms with E-state index in [0.717, 1.165) is 5.69 Å². The lowest BCUT2D eigenvalue weighted by Crippen LogP contribution is -2.14. The van der Waals surface area contributed by atoms with Crippen molar-refractivity contribution in [1.82, 2.24) is 15.2 Å². The Morgan fingerprint density at radius 1 is 1.29 bits per heavy atom. The highest BCUT2D eigenvalue weighted by atomic mass is 16.1. The zero-order chi connectivity index (χ0) is 12.1. The van der Waals surface area contributed by atoms with E-state index in [9.17, 15) is 4.79 Å². The average molecular weight is 229 g/mol. The van der Waals surface area contributed by atoms with Gasteiger partial charge in [0.2, 0.25) is 0 Å². The Bertz CT molecular complexity index is 497. The van der Waals surface area contributed by atoms with Crippen molar-refractivity contribution < 1.29 is 4.79 Å². The van der Waals surface area contributed by atoms with Crippen LogP contribution in [0, 0.1) is 0 Å². The summed E-state index contributed by atoms with van der Waals surface area (Å²) in [6.45, 7) is 0. The highest BCUT2D eigenvalue weighted by Crippen LogP contribution is 2.07. The summed E-state index contributed by atoms with van der Waals surface area (Å²) >= 11 is 0. The third-order valence-electron chi connectivity index (χ3n) is 2.10. The molecule has 2 aromatic heterocycles. The Morgan fingerprint density at radius 3 is 2.76 bits per heavy atom. The molecule has 0 spiro atoms. The fourth-order valence-corrected chi connectivity index (χ4v) is 1.22. The van der Waals surface area contributed by atoms with Crippen LogP contribution in [-0.4, -0.2) is 28.1 Å². The van der Waals surface area contributed by atoms with Crippen molar-refractivity contribution in [3.63, 3.8) is 0 Å². The average Bonchev–Trinajstić information content (AvgIpc) is 2.40. The van der Waals surface area contributed by atoms with Crippen molar-refractivity contribution in [1.29, 1.82) is 0 Å². The fourth-order valence-electron chi connectivity index (χ4n) is 1.22. The Morgan fingerprint density at radius 2 is 2.18 bits per heavy atom. The number of carbonyl (C=O) groups excluding carboxylic acids is 1. The topological polar surface area (TPSA) is 79.8 Å². The Kier molecular flexibility index (Phi) is 3.25. The van der Waals surface area contributed by atoms with Gasteiger partial charge in [0.25, 0.3) is 5.91 Å². The molecule has 0 aromatic carbocycles. The number of pyridine rings is 1. The molecule has 2 aromatic rings. The first-order chi connectivity index (χ1) is 8.29. The predicted octanol–water partition coefficient (Wildman–Crippen LogP) is 1.17. The van der Waals surface area contributed by atoms with E-state index < -0.39 is 0 Å². The van der Waals surface area contributed by atoms with Gasteiger partial charge in [0, 0.05) is 13.2 Å². The van der Waals surface area contributed by atoms with Crippen LogP contribution in [0.2, 0.25) is 0 Å². The van der Waals surface area contributed by atoms with Gasteiger partial charge in [0.1, 0.15) is 5.69 Å². The van der Waals surface area contributed by atoms with E-state index in [0.29, 0.717) is 11.5 Å². The SMILES string of the molecule is CNc1ccc(C(=O)Nc2cccnn2)nc1. The third kappa shape index (κ3) is 2.75. The molecule has 1 amide bonds. The van der Waals surface area contributed by atoms with Crippen LogP contribution in [0.25, 0.3) is 0 Å². The van der Waals surface area contributed by atoms with E-state index in [1.807, 2.05) is 0 Å². The number of anilines is 2. The van der Waals surface area contributed by atoms with Crippen molar-refractivity contribution in [3.8, 4) is 0 Å². The van der Waals surface area contributed by atoms with Gasteiger partial charge >= 0.3 is 0 Å². The molecule has 6 heteroatoms. The summed E-state index contributed by atoms with van der Waals surface area (Å²) in [6.07, 6.45) is 3.13. The summed E-state index contributed by atoms with van der Waals surface area (Å²) in [7, 11) is 1.79. The predicted molar refractivity (Wildman–Crippen MR) is 63.8 cm³/mol. The summed E-state index contributed by atoms with van der Waals surface area (Å²) in [6, 6.07) is 6.77. The maximum absolute atomic E-state index is 11.8. The molecule has 17 heavy (non-hydrogen) atoms. The number of rotatable bonds is 3. The minimum absolute atomic E-state index is 0.312. The summed E-state index contributed by atoms with van der Waals surface area (Å²) in [5, 5.41) is 12.9. The van der Waals surface area contributed by atoms with E-state index in [4.69, 9.17) is 0 Å². The molecule has 0 saturated heterocycles. The lowest BCUT2D eigenvalue weighted by Gasteiger charge is -2.03. The van der Waals surface area contributed by atoms with Crippen LogP contribution in [0.5, 0.6) is 0 Å². The van der Waals surface area contributed by atoms with Crippen LogP contribution in [0.3, 0.4) is 0 Å². The van der Waals surface area contributed by atoms with Crippen LogP contribution in [-0.2, 0) is 0 Å². The van der Waals surface area contributed by atoms with Crippen molar-refractivity contribution in [2.45, 2.75) is 0 Å². The van der Waals surface area contributed by atoms with Crippen LogP contribution in [0.1, 0.15) is 10.5 Å².